The van der Waals surface area contributed by atoms with Crippen LogP contribution in [0.15, 0.2) is 92.4 Å². The van der Waals surface area contributed by atoms with E-state index in [0.717, 1.165) is 50.8 Å². The molecule has 0 spiro atoms. The number of hydrogen-bond donors (Lipinski definition) is 0. The first kappa shape index (κ1) is 23.1. The van der Waals surface area contributed by atoms with E-state index in [0.29, 0.717) is 5.56 Å². The topological polar surface area (TPSA) is 41.9 Å². The molecule has 1 aliphatic carbocycles. The molecule has 6 heteroatoms. The highest BCUT2D eigenvalue weighted by Crippen LogP contribution is 2.45. The summed E-state index contributed by atoms with van der Waals surface area (Å²) in [5.41, 5.74) is 5.08. The molecule has 172 valence electrons. The van der Waals surface area contributed by atoms with Gasteiger partial charge in [-0.25, -0.2) is 5.01 Å². The summed E-state index contributed by atoms with van der Waals surface area (Å²) in [7, 11) is 1.62. The Kier molecular flexibility index (Phi) is 6.70. The Morgan fingerprint density at radius 2 is 1.62 bits per heavy atom. The maximum Gasteiger partial charge on any atom is 0.274 e. The van der Waals surface area contributed by atoms with E-state index in [4.69, 9.17) is 9.84 Å². The number of nitrogens with zero attached hydrogens (tertiary/aromatic N) is 2. The maximum absolute atomic E-state index is 13.7. The number of allylic oxidation sites excluding steroid dienone is 1. The standard InChI is InChI=1S/C28H24Br2N2O2/c1-34-24-15-9-20(10-16-24)28(33)32-27(19-7-13-23(30)14-8-19)25-4-2-3-21(26(25)31-32)17-18-5-11-22(29)12-6-18/h5-17,25,27H,2-4H2,1H3/b21-17-/t25-,27-/m0/s1. The normalized spacial score (nSPS) is 20.7. The van der Waals surface area contributed by atoms with Crippen molar-refractivity contribution in [1.29, 1.82) is 0 Å². The number of ether oxygens (including phenoxy) is 1. The lowest BCUT2D eigenvalue weighted by atomic mass is 9.77. The fourth-order valence-electron chi connectivity index (χ4n) is 4.79. The third kappa shape index (κ3) is 4.62. The van der Waals surface area contributed by atoms with Crippen LogP contribution in [0.5, 0.6) is 5.75 Å². The molecule has 0 unspecified atom stereocenters. The highest BCUT2D eigenvalue weighted by molar-refractivity contribution is 9.10. The Morgan fingerprint density at radius 3 is 2.26 bits per heavy atom. The van der Waals surface area contributed by atoms with E-state index < -0.39 is 0 Å². The van der Waals surface area contributed by atoms with Crippen LogP contribution in [0.4, 0.5) is 0 Å². The summed E-state index contributed by atoms with van der Waals surface area (Å²) >= 11 is 7.05. The number of hydrazone groups is 1. The summed E-state index contributed by atoms with van der Waals surface area (Å²) in [6.07, 6.45) is 5.26. The first-order valence-electron chi connectivity index (χ1n) is 11.3. The second-order valence-electron chi connectivity index (χ2n) is 8.58. The highest BCUT2D eigenvalue weighted by Gasteiger charge is 2.43. The molecule has 3 aromatic rings. The van der Waals surface area contributed by atoms with E-state index in [1.165, 1.54) is 5.57 Å². The lowest BCUT2D eigenvalue weighted by Gasteiger charge is -2.29. The van der Waals surface area contributed by atoms with Crippen molar-refractivity contribution in [3.05, 3.63) is 104 Å². The molecule has 0 N–H and O–H groups in total. The number of fused-ring (bicyclic) bond motifs is 1. The van der Waals surface area contributed by atoms with Crippen LogP contribution in [0.1, 0.15) is 46.8 Å². The number of halogens is 2. The van der Waals surface area contributed by atoms with Gasteiger partial charge in [0.15, 0.2) is 0 Å². The molecule has 3 aromatic carbocycles. The Balaban J connectivity index is 1.56. The van der Waals surface area contributed by atoms with Gasteiger partial charge in [-0.15, -0.1) is 0 Å². The molecule has 0 aromatic heterocycles. The van der Waals surface area contributed by atoms with Gasteiger partial charge in [0.1, 0.15) is 5.75 Å². The van der Waals surface area contributed by atoms with E-state index in [-0.39, 0.29) is 17.9 Å². The van der Waals surface area contributed by atoms with Gasteiger partial charge in [-0.3, -0.25) is 4.79 Å². The molecule has 34 heavy (non-hydrogen) atoms. The predicted octanol–water partition coefficient (Wildman–Crippen LogP) is 7.66. The van der Waals surface area contributed by atoms with E-state index in [9.17, 15) is 4.79 Å². The fourth-order valence-corrected chi connectivity index (χ4v) is 5.32. The number of methoxy groups -OCH3 is 1. The van der Waals surface area contributed by atoms with Crippen molar-refractivity contribution >= 4 is 49.6 Å². The van der Waals surface area contributed by atoms with Crippen molar-refractivity contribution < 1.29 is 9.53 Å². The van der Waals surface area contributed by atoms with E-state index in [1.807, 2.05) is 36.4 Å². The summed E-state index contributed by atoms with van der Waals surface area (Å²) in [5, 5.41) is 6.68. The summed E-state index contributed by atoms with van der Waals surface area (Å²) in [4.78, 5) is 13.7. The van der Waals surface area contributed by atoms with E-state index in [1.54, 1.807) is 24.3 Å². The molecule has 2 aliphatic rings. The summed E-state index contributed by atoms with van der Waals surface area (Å²) in [5.74, 6) is 0.793. The number of carbonyl (C=O) groups excluding carboxylic acids is 1. The van der Waals surface area contributed by atoms with Crippen molar-refractivity contribution in [3.63, 3.8) is 0 Å². The molecular formula is C28H24Br2N2O2. The van der Waals surface area contributed by atoms with Crippen LogP contribution in [0.3, 0.4) is 0 Å². The molecule has 1 saturated carbocycles. The minimum atomic E-state index is -0.133. The average Bonchev–Trinajstić information content (AvgIpc) is 3.26. The SMILES string of the molecule is COc1ccc(C(=O)N2N=C3/C(=C\c4ccc(Br)cc4)CCC[C@@H]3[C@@H]2c2ccc(Br)cc2)cc1. The zero-order chi connectivity index (χ0) is 23.7. The second kappa shape index (κ2) is 9.88. The molecule has 0 radical (unpaired) electrons. The molecule has 1 heterocycles. The fraction of sp³-hybridized carbons (Fsp3) is 0.214. The number of benzene rings is 3. The summed E-state index contributed by atoms with van der Waals surface area (Å²) < 4.78 is 7.34. The monoisotopic (exact) mass is 578 g/mol. The third-order valence-corrected chi connectivity index (χ3v) is 7.53. The third-order valence-electron chi connectivity index (χ3n) is 6.47. The largest absolute Gasteiger partial charge is 0.497 e. The maximum atomic E-state index is 13.7. The molecular weight excluding hydrogens is 556 g/mol. The first-order valence-corrected chi connectivity index (χ1v) is 12.9. The molecule has 1 aliphatic heterocycles. The smallest absolute Gasteiger partial charge is 0.274 e. The van der Waals surface area contributed by atoms with E-state index >= 15 is 0 Å². The lowest BCUT2D eigenvalue weighted by Crippen LogP contribution is -2.31. The van der Waals surface area contributed by atoms with Gasteiger partial charge in [0, 0.05) is 20.4 Å². The molecule has 1 fully saturated rings. The molecule has 0 bridgehead atoms. The van der Waals surface area contributed by atoms with Crippen LogP contribution in [0, 0.1) is 5.92 Å². The van der Waals surface area contributed by atoms with Crippen molar-refractivity contribution in [2.75, 3.05) is 7.11 Å². The summed E-state index contributed by atoms with van der Waals surface area (Å²) in [6.45, 7) is 0. The van der Waals surface area contributed by atoms with Crippen molar-refractivity contribution in [2.45, 2.75) is 25.3 Å². The van der Waals surface area contributed by atoms with Gasteiger partial charge >= 0.3 is 0 Å². The van der Waals surface area contributed by atoms with Crippen molar-refractivity contribution in [3.8, 4) is 5.75 Å². The zero-order valence-electron chi connectivity index (χ0n) is 18.7. The quantitative estimate of drug-likeness (QED) is 0.318. The average molecular weight is 580 g/mol. The minimum absolute atomic E-state index is 0.0968. The Morgan fingerprint density at radius 1 is 0.971 bits per heavy atom. The molecule has 5 rings (SSSR count). The lowest BCUT2D eigenvalue weighted by molar-refractivity contribution is 0.0681. The number of amides is 1. The van der Waals surface area contributed by atoms with E-state index in [2.05, 4.69) is 62.2 Å². The van der Waals surface area contributed by atoms with Gasteiger partial charge < -0.3 is 4.74 Å². The highest BCUT2D eigenvalue weighted by atomic mass is 79.9. The zero-order valence-corrected chi connectivity index (χ0v) is 21.9. The predicted molar refractivity (Wildman–Crippen MR) is 143 cm³/mol. The number of rotatable bonds is 4. The van der Waals surface area contributed by atoms with Gasteiger partial charge in [-0.05, 0) is 90.6 Å². The van der Waals surface area contributed by atoms with Crippen LogP contribution < -0.4 is 4.74 Å². The van der Waals surface area contributed by atoms with Gasteiger partial charge in [0.2, 0.25) is 0 Å². The van der Waals surface area contributed by atoms with Crippen molar-refractivity contribution in [1.82, 2.24) is 5.01 Å². The van der Waals surface area contributed by atoms with Crippen LogP contribution in [-0.2, 0) is 0 Å². The Bertz CT molecular complexity index is 1250. The van der Waals surface area contributed by atoms with Gasteiger partial charge in [-0.1, -0.05) is 56.1 Å². The number of carbonyl (C=O) groups is 1. The summed E-state index contributed by atoms with van der Waals surface area (Å²) in [6, 6.07) is 23.7. The molecule has 1 amide bonds. The van der Waals surface area contributed by atoms with Crippen molar-refractivity contribution in [2.24, 2.45) is 11.0 Å². The molecule has 2 atom stereocenters. The van der Waals surface area contributed by atoms with Gasteiger partial charge in [0.05, 0.1) is 18.9 Å². The molecule has 0 saturated heterocycles. The number of hydrogen-bond acceptors (Lipinski definition) is 3. The second-order valence-corrected chi connectivity index (χ2v) is 10.4. The first-order chi connectivity index (χ1) is 16.5. The molecule has 4 nitrogen and oxygen atoms in total. The van der Waals surface area contributed by atoms with Crippen LogP contribution in [0.2, 0.25) is 0 Å². The van der Waals surface area contributed by atoms with Gasteiger partial charge in [0.25, 0.3) is 5.91 Å². The van der Waals surface area contributed by atoms with Crippen LogP contribution >= 0.6 is 31.9 Å². The Hall–Kier alpha value is -2.70. The van der Waals surface area contributed by atoms with Crippen LogP contribution in [0.25, 0.3) is 6.08 Å². The van der Waals surface area contributed by atoms with Gasteiger partial charge in [-0.2, -0.15) is 5.10 Å². The Labute approximate surface area is 216 Å². The van der Waals surface area contributed by atoms with Crippen LogP contribution in [-0.4, -0.2) is 23.7 Å². The minimum Gasteiger partial charge on any atom is -0.497 e.